The van der Waals surface area contributed by atoms with E-state index < -0.39 is 54.7 Å². The van der Waals surface area contributed by atoms with Gasteiger partial charge in [0, 0.05) is 0 Å². The van der Waals surface area contributed by atoms with Gasteiger partial charge in [-0.1, -0.05) is 11.6 Å². The summed E-state index contributed by atoms with van der Waals surface area (Å²) in [4.78, 5) is 38.2. The average Bonchev–Trinajstić information content (AvgIpc) is 3.16. The first-order chi connectivity index (χ1) is 14.7. The molecule has 0 bridgehead atoms. The van der Waals surface area contributed by atoms with Gasteiger partial charge in [0.2, 0.25) is 5.65 Å². The molecule has 22 heteroatoms. The fourth-order valence-electron chi connectivity index (χ4n) is 2.36. The molecule has 0 aromatic carbocycles. The molecule has 0 aliphatic carbocycles. The van der Waals surface area contributed by atoms with Gasteiger partial charge < -0.3 is 39.4 Å². The number of halogens is 1. The molecule has 1 aliphatic rings. The molecule has 18 nitrogen and oxygen atoms in total. The molecule has 0 spiro atoms. The van der Waals surface area contributed by atoms with Crippen LogP contribution in [-0.2, 0) is 31.6 Å². The summed E-state index contributed by atoms with van der Waals surface area (Å²) in [6, 6.07) is 0. The number of imidazole rings is 1. The maximum Gasteiger partial charge on any atom is 0.560 e. The molecule has 1 aliphatic heterocycles. The van der Waals surface area contributed by atoms with Gasteiger partial charge in [-0.2, -0.15) is 8.62 Å². The van der Waals surface area contributed by atoms with Crippen LogP contribution in [0.1, 0.15) is 0 Å². The molecule has 3 heterocycles. The predicted molar refractivity (Wildman–Crippen MR) is 97.4 cm³/mol. The Hall–Kier alpha value is -1.07. The van der Waals surface area contributed by atoms with Crippen molar-refractivity contribution >= 4 is 46.2 Å². The molecule has 180 valence electrons. The van der Waals surface area contributed by atoms with Crippen LogP contribution < -0.4 is 4.62 Å². The van der Waals surface area contributed by atoms with E-state index in [-0.39, 0.29) is 16.3 Å². The van der Waals surface area contributed by atoms with Crippen molar-refractivity contribution in [2.24, 2.45) is 0 Å². The van der Waals surface area contributed by atoms with Crippen LogP contribution in [-0.4, -0.2) is 80.9 Å². The number of aliphatic hydroxyl groups excluding tert-OH is 3. The minimum Gasteiger partial charge on any atom is -0.394 e. The van der Waals surface area contributed by atoms with E-state index in [0.29, 0.717) is 4.73 Å². The van der Waals surface area contributed by atoms with Crippen LogP contribution in [0.25, 0.3) is 11.2 Å². The molecule has 3 rings (SSSR count). The van der Waals surface area contributed by atoms with Crippen LogP contribution in [0.15, 0.2) is 12.7 Å². The molecule has 0 saturated carbocycles. The Morgan fingerprint density at radius 2 is 1.78 bits per heavy atom. The Kier molecular flexibility index (Phi) is 7.42. The number of ether oxygens (including phenoxy) is 1. The van der Waals surface area contributed by atoms with Gasteiger partial charge in [0.05, 0.1) is 6.61 Å². The van der Waals surface area contributed by atoms with E-state index in [1.165, 1.54) is 0 Å². The lowest BCUT2D eigenvalue weighted by Crippen LogP contribution is -2.34. The van der Waals surface area contributed by atoms with E-state index in [0.717, 1.165) is 12.7 Å². The number of aliphatic hydroxyl groups is 3. The highest BCUT2D eigenvalue weighted by molar-refractivity contribution is 7.66. The summed E-state index contributed by atoms with van der Waals surface area (Å²) in [6.07, 6.45) is -5.46. The number of hydrogen-bond acceptors (Lipinski definition) is 14. The van der Waals surface area contributed by atoms with Crippen molar-refractivity contribution in [3.05, 3.63) is 17.8 Å². The maximum atomic E-state index is 13.1. The summed E-state index contributed by atoms with van der Waals surface area (Å²) >= 11 is 5.82. The maximum absolute atomic E-state index is 13.1. The highest BCUT2D eigenvalue weighted by Crippen LogP contribution is 2.67. The van der Waals surface area contributed by atoms with Gasteiger partial charge in [-0.3, -0.25) is 0 Å². The highest BCUT2D eigenvalue weighted by atomic mass is 35.5. The second-order valence-corrected chi connectivity index (χ2v) is 10.7. The van der Waals surface area contributed by atoms with Crippen LogP contribution in [0.4, 0.5) is 0 Å². The lowest BCUT2D eigenvalue weighted by atomic mass is 10.1. The lowest BCUT2D eigenvalue weighted by molar-refractivity contribution is -0.127. The second kappa shape index (κ2) is 9.29. The fourth-order valence-corrected chi connectivity index (χ4v) is 6.09. The van der Waals surface area contributed by atoms with E-state index in [1.807, 2.05) is 0 Å². The molecule has 6 atom stereocenters. The van der Waals surface area contributed by atoms with Crippen LogP contribution in [0.3, 0.4) is 0 Å². The van der Waals surface area contributed by atoms with Crippen molar-refractivity contribution in [3.8, 4) is 0 Å². The standard InChI is InChI=1S/C10H14ClN4O14P3/c11-8-5-9(13-2-12-8)15(3-14-5)27-32(24,29-31(22,23)28-30(19,20)21)26-10-7(18)6(17)4(1-16)25-10/h2-4,6-7,10,16-18H,1H2,(H,22,23)(H2,19,20,21)/t4-,6-,7-,10?,32?/m1/s1. The average molecular weight is 543 g/mol. The normalized spacial score (nSPS) is 27.8. The number of phosphoric acid groups is 3. The minimum atomic E-state index is -5.86. The topological polar surface area (TPSA) is 262 Å². The third-order valence-corrected chi connectivity index (χ3v) is 8.01. The Bertz CT molecular complexity index is 1130. The van der Waals surface area contributed by atoms with Crippen LogP contribution in [0, 0.1) is 0 Å². The van der Waals surface area contributed by atoms with Crippen molar-refractivity contribution in [1.82, 2.24) is 19.7 Å². The third kappa shape index (κ3) is 5.88. The van der Waals surface area contributed by atoms with Gasteiger partial charge in [0.25, 0.3) is 0 Å². The molecule has 0 radical (unpaired) electrons. The van der Waals surface area contributed by atoms with Crippen LogP contribution in [0.5, 0.6) is 0 Å². The predicted octanol–water partition coefficient (Wildman–Crippen LogP) is -1.30. The van der Waals surface area contributed by atoms with Gasteiger partial charge in [-0.15, -0.1) is 4.73 Å². The molecule has 2 aromatic heterocycles. The lowest BCUT2D eigenvalue weighted by Gasteiger charge is -2.23. The second-order valence-electron chi connectivity index (χ2n) is 5.87. The summed E-state index contributed by atoms with van der Waals surface area (Å²) in [5.74, 6) is 0. The van der Waals surface area contributed by atoms with E-state index in [2.05, 4.69) is 23.6 Å². The monoisotopic (exact) mass is 542 g/mol. The molecular weight excluding hydrogens is 528 g/mol. The van der Waals surface area contributed by atoms with Crippen LogP contribution >= 0.6 is 35.1 Å². The summed E-state index contributed by atoms with van der Waals surface area (Å²) in [5, 5.41) is 28.7. The molecule has 3 unspecified atom stereocenters. The first-order valence-corrected chi connectivity index (χ1v) is 12.9. The Labute approximate surface area is 181 Å². The Morgan fingerprint density at radius 3 is 2.38 bits per heavy atom. The highest BCUT2D eigenvalue weighted by Gasteiger charge is 2.51. The van der Waals surface area contributed by atoms with Crippen molar-refractivity contribution in [2.45, 2.75) is 24.6 Å². The van der Waals surface area contributed by atoms with Gasteiger partial charge in [0.1, 0.15) is 36.5 Å². The number of nitrogens with zero attached hydrogens (tertiary/aromatic N) is 4. The van der Waals surface area contributed by atoms with Crippen molar-refractivity contribution < 1.29 is 66.2 Å². The zero-order valence-electron chi connectivity index (χ0n) is 15.1. The number of fused-ring (bicyclic) bond motifs is 1. The third-order valence-electron chi connectivity index (χ3n) is 3.59. The smallest absolute Gasteiger partial charge is 0.394 e. The van der Waals surface area contributed by atoms with Gasteiger partial charge in [-0.25, -0.2) is 33.2 Å². The molecule has 1 saturated heterocycles. The van der Waals surface area contributed by atoms with E-state index >= 15 is 0 Å². The summed E-state index contributed by atoms with van der Waals surface area (Å²) in [5.41, 5.74) is -0.352. The first kappa shape index (κ1) is 25.6. The number of hydrogen-bond donors (Lipinski definition) is 6. The zero-order chi connectivity index (χ0) is 23.9. The first-order valence-electron chi connectivity index (χ1n) is 7.99. The van der Waals surface area contributed by atoms with Gasteiger partial charge in [0.15, 0.2) is 11.4 Å². The van der Waals surface area contributed by atoms with Crippen LogP contribution in [0.2, 0.25) is 5.15 Å². The molecule has 6 N–H and O–H groups in total. The summed E-state index contributed by atoms with van der Waals surface area (Å²) in [6.45, 7) is -0.814. The molecule has 2 aromatic rings. The van der Waals surface area contributed by atoms with Crippen molar-refractivity contribution in [2.75, 3.05) is 6.61 Å². The SMILES string of the molecule is O=P(O)(O)OP(=O)(O)OP(=O)(OC1O[C@H](CO)[C@@H](O)[C@H]1O)On1cnc2c(Cl)ncnc21. The molecular formula is C10H14ClN4O14P3. The number of rotatable bonds is 9. The van der Waals surface area contributed by atoms with Gasteiger partial charge in [-0.05, 0) is 0 Å². The van der Waals surface area contributed by atoms with Crippen molar-refractivity contribution in [3.63, 3.8) is 0 Å². The zero-order valence-corrected chi connectivity index (χ0v) is 18.6. The summed E-state index contributed by atoms with van der Waals surface area (Å²) < 4.78 is 58.8. The number of aromatic nitrogens is 4. The fraction of sp³-hybridized carbons (Fsp3) is 0.500. The summed E-state index contributed by atoms with van der Waals surface area (Å²) in [7, 11) is -17.0. The molecule has 0 amide bonds. The molecule has 32 heavy (non-hydrogen) atoms. The van der Waals surface area contributed by atoms with E-state index in [9.17, 15) is 28.8 Å². The largest absolute Gasteiger partial charge is 0.560 e. The Morgan fingerprint density at radius 1 is 1.09 bits per heavy atom. The Balaban J connectivity index is 1.95. The van der Waals surface area contributed by atoms with E-state index in [1.54, 1.807) is 0 Å². The molecule has 1 fully saturated rings. The van der Waals surface area contributed by atoms with E-state index in [4.69, 9.17) is 40.4 Å². The van der Waals surface area contributed by atoms with Gasteiger partial charge >= 0.3 is 23.5 Å². The van der Waals surface area contributed by atoms with Crippen molar-refractivity contribution in [1.29, 1.82) is 0 Å². The minimum absolute atomic E-state index is 0.0905. The quantitative estimate of drug-likeness (QED) is 0.159.